The third-order valence-corrected chi connectivity index (χ3v) is 4.90. The van der Waals surface area contributed by atoms with Gasteiger partial charge >= 0.3 is 0 Å². The molecule has 0 bridgehead atoms. The fourth-order valence-corrected chi connectivity index (χ4v) is 3.41. The fourth-order valence-electron chi connectivity index (χ4n) is 2.55. The van der Waals surface area contributed by atoms with Crippen LogP contribution in [0.3, 0.4) is 0 Å². The first kappa shape index (κ1) is 18.1. The molecule has 0 aliphatic rings. The van der Waals surface area contributed by atoms with Gasteiger partial charge in [-0.2, -0.15) is 0 Å². The summed E-state index contributed by atoms with van der Waals surface area (Å²) in [5, 5.41) is 5.94. The monoisotopic (exact) mass is 367 g/mol. The molecule has 3 aromatic rings. The summed E-state index contributed by atoms with van der Waals surface area (Å²) in [6, 6.07) is 11.8. The van der Waals surface area contributed by atoms with Crippen LogP contribution >= 0.6 is 11.3 Å². The Morgan fingerprint density at radius 3 is 2.85 bits per heavy atom. The van der Waals surface area contributed by atoms with E-state index in [1.165, 1.54) is 0 Å². The zero-order valence-corrected chi connectivity index (χ0v) is 15.5. The molecule has 0 fully saturated rings. The summed E-state index contributed by atoms with van der Waals surface area (Å²) >= 11 is 1.59. The van der Waals surface area contributed by atoms with Gasteiger partial charge < -0.3 is 10.1 Å². The minimum Gasteiger partial charge on any atom is -0.497 e. The number of aromatic nitrogens is 2. The van der Waals surface area contributed by atoms with Crippen molar-refractivity contribution in [1.29, 1.82) is 0 Å². The molecule has 0 saturated heterocycles. The maximum atomic E-state index is 12.0. The van der Waals surface area contributed by atoms with Gasteiger partial charge in [0.05, 0.1) is 12.8 Å². The van der Waals surface area contributed by atoms with E-state index in [4.69, 9.17) is 4.74 Å². The molecule has 0 aliphatic carbocycles. The fraction of sp³-hybridized carbons (Fsp3) is 0.250. The Morgan fingerprint density at radius 2 is 2.04 bits per heavy atom. The topological polar surface area (TPSA) is 64.1 Å². The lowest BCUT2D eigenvalue weighted by molar-refractivity contribution is -0.121. The van der Waals surface area contributed by atoms with Gasteiger partial charge in [-0.1, -0.05) is 12.1 Å². The highest BCUT2D eigenvalue weighted by atomic mass is 32.1. The zero-order valence-electron chi connectivity index (χ0n) is 14.6. The number of ether oxygens (including phenoxy) is 1. The minimum atomic E-state index is 0.0476. The van der Waals surface area contributed by atoms with Crippen molar-refractivity contribution in [2.45, 2.75) is 19.3 Å². The molecule has 0 unspecified atom stereocenters. The standard InChI is InChI=1S/C20H21N3O2S/c1-25-18-4-2-3-15(13-18)7-12-22-19(24)6-5-17-14-26-20(23-17)16-8-10-21-11-9-16/h2-4,8-11,13-14H,5-7,12H2,1H3,(H,22,24). The van der Waals surface area contributed by atoms with Crippen LogP contribution in [0.15, 0.2) is 54.2 Å². The van der Waals surface area contributed by atoms with Crippen LogP contribution in [0.1, 0.15) is 17.7 Å². The van der Waals surface area contributed by atoms with E-state index in [0.717, 1.165) is 34.0 Å². The second-order valence-electron chi connectivity index (χ2n) is 5.83. The number of rotatable bonds is 8. The number of benzene rings is 1. The van der Waals surface area contributed by atoms with Crippen LogP contribution in [-0.4, -0.2) is 29.5 Å². The van der Waals surface area contributed by atoms with Crippen molar-refractivity contribution in [2.24, 2.45) is 0 Å². The molecule has 1 amide bonds. The molecule has 3 rings (SSSR count). The first-order valence-electron chi connectivity index (χ1n) is 8.49. The van der Waals surface area contributed by atoms with Gasteiger partial charge in [0.25, 0.3) is 0 Å². The van der Waals surface area contributed by atoms with Gasteiger partial charge in [0.2, 0.25) is 5.91 Å². The molecule has 1 N–H and O–H groups in total. The smallest absolute Gasteiger partial charge is 0.220 e. The number of thiazole rings is 1. The van der Waals surface area contributed by atoms with Crippen LogP contribution in [0.2, 0.25) is 0 Å². The molecule has 2 aromatic heterocycles. The van der Waals surface area contributed by atoms with E-state index in [9.17, 15) is 4.79 Å². The van der Waals surface area contributed by atoms with E-state index >= 15 is 0 Å². The quantitative estimate of drug-likeness (QED) is 0.662. The number of carbonyl (C=O) groups is 1. The molecule has 0 atom stereocenters. The molecule has 1 aromatic carbocycles. The van der Waals surface area contributed by atoms with E-state index in [1.54, 1.807) is 30.8 Å². The molecule has 0 radical (unpaired) electrons. The minimum absolute atomic E-state index is 0.0476. The molecule has 5 nitrogen and oxygen atoms in total. The molecule has 26 heavy (non-hydrogen) atoms. The van der Waals surface area contributed by atoms with Crippen LogP contribution in [0.5, 0.6) is 5.75 Å². The lowest BCUT2D eigenvalue weighted by atomic mass is 10.1. The van der Waals surface area contributed by atoms with Crippen molar-refractivity contribution < 1.29 is 9.53 Å². The first-order valence-corrected chi connectivity index (χ1v) is 9.37. The van der Waals surface area contributed by atoms with Gasteiger partial charge in [-0.15, -0.1) is 11.3 Å². The van der Waals surface area contributed by atoms with Crippen molar-refractivity contribution in [2.75, 3.05) is 13.7 Å². The molecular weight excluding hydrogens is 346 g/mol. The highest BCUT2D eigenvalue weighted by Gasteiger charge is 2.07. The number of aryl methyl sites for hydroxylation is 1. The number of pyridine rings is 1. The lowest BCUT2D eigenvalue weighted by Gasteiger charge is -2.06. The summed E-state index contributed by atoms with van der Waals surface area (Å²) in [4.78, 5) is 20.6. The van der Waals surface area contributed by atoms with E-state index in [1.807, 2.05) is 41.8 Å². The average Bonchev–Trinajstić information content (AvgIpc) is 3.16. The Hall–Kier alpha value is -2.73. The zero-order chi connectivity index (χ0) is 18.2. The number of nitrogens with zero attached hydrogens (tertiary/aromatic N) is 2. The third-order valence-electron chi connectivity index (χ3n) is 3.96. The van der Waals surface area contributed by atoms with Crippen molar-refractivity contribution in [3.63, 3.8) is 0 Å². The number of nitrogens with one attached hydrogen (secondary N) is 1. The van der Waals surface area contributed by atoms with Crippen LogP contribution in [0, 0.1) is 0 Å². The Kier molecular flexibility index (Phi) is 6.33. The summed E-state index contributed by atoms with van der Waals surface area (Å²) in [5.41, 5.74) is 3.15. The summed E-state index contributed by atoms with van der Waals surface area (Å²) in [5.74, 6) is 0.883. The summed E-state index contributed by atoms with van der Waals surface area (Å²) < 4.78 is 5.21. The molecule has 0 saturated carbocycles. The van der Waals surface area contributed by atoms with Gasteiger partial charge in [-0.05, 0) is 42.7 Å². The lowest BCUT2D eigenvalue weighted by Crippen LogP contribution is -2.25. The molecular formula is C20H21N3O2S. The van der Waals surface area contributed by atoms with Crippen LogP contribution in [0.25, 0.3) is 10.6 Å². The predicted molar refractivity (Wildman–Crippen MR) is 103 cm³/mol. The van der Waals surface area contributed by atoms with E-state index in [-0.39, 0.29) is 5.91 Å². The number of hydrogen-bond acceptors (Lipinski definition) is 5. The van der Waals surface area contributed by atoms with E-state index < -0.39 is 0 Å². The molecule has 0 spiro atoms. The molecule has 2 heterocycles. The number of hydrogen-bond donors (Lipinski definition) is 1. The van der Waals surface area contributed by atoms with Crippen molar-refractivity contribution in [3.8, 4) is 16.3 Å². The van der Waals surface area contributed by atoms with Crippen molar-refractivity contribution >= 4 is 17.2 Å². The maximum Gasteiger partial charge on any atom is 0.220 e. The second-order valence-corrected chi connectivity index (χ2v) is 6.69. The Morgan fingerprint density at radius 1 is 1.19 bits per heavy atom. The van der Waals surface area contributed by atoms with Gasteiger partial charge in [0.15, 0.2) is 0 Å². The Balaban J connectivity index is 1.42. The number of amides is 1. The van der Waals surface area contributed by atoms with Gasteiger partial charge in [0.1, 0.15) is 10.8 Å². The number of methoxy groups -OCH3 is 1. The SMILES string of the molecule is COc1cccc(CCNC(=O)CCc2csc(-c3ccncc3)n2)c1. The Bertz CT molecular complexity index is 849. The van der Waals surface area contributed by atoms with Crippen LogP contribution < -0.4 is 10.1 Å². The molecule has 6 heteroatoms. The predicted octanol–water partition coefficient (Wildman–Crippen LogP) is 3.51. The van der Waals surface area contributed by atoms with Crippen molar-refractivity contribution in [1.82, 2.24) is 15.3 Å². The number of carbonyl (C=O) groups excluding carboxylic acids is 1. The summed E-state index contributed by atoms with van der Waals surface area (Å²) in [6.45, 7) is 0.616. The van der Waals surface area contributed by atoms with Gasteiger partial charge in [-0.25, -0.2) is 4.98 Å². The highest BCUT2D eigenvalue weighted by molar-refractivity contribution is 7.13. The normalized spacial score (nSPS) is 10.5. The average molecular weight is 367 g/mol. The maximum absolute atomic E-state index is 12.0. The summed E-state index contributed by atoms with van der Waals surface area (Å²) in [7, 11) is 1.65. The van der Waals surface area contributed by atoms with Crippen molar-refractivity contribution in [3.05, 3.63) is 65.4 Å². The van der Waals surface area contributed by atoms with Crippen LogP contribution in [-0.2, 0) is 17.6 Å². The molecule has 0 aliphatic heterocycles. The van der Waals surface area contributed by atoms with E-state index in [2.05, 4.69) is 15.3 Å². The first-order chi connectivity index (χ1) is 12.7. The summed E-state index contributed by atoms with van der Waals surface area (Å²) in [6.07, 6.45) is 5.38. The highest BCUT2D eigenvalue weighted by Crippen LogP contribution is 2.23. The third kappa shape index (κ3) is 5.13. The van der Waals surface area contributed by atoms with Crippen LogP contribution in [0.4, 0.5) is 0 Å². The van der Waals surface area contributed by atoms with Gasteiger partial charge in [0, 0.05) is 36.3 Å². The second kappa shape index (κ2) is 9.10. The Labute approximate surface area is 157 Å². The molecule has 134 valence electrons. The van der Waals surface area contributed by atoms with E-state index in [0.29, 0.717) is 19.4 Å². The van der Waals surface area contributed by atoms with Gasteiger partial charge in [-0.3, -0.25) is 9.78 Å². The largest absolute Gasteiger partial charge is 0.497 e.